The van der Waals surface area contributed by atoms with Crippen molar-refractivity contribution in [2.75, 3.05) is 0 Å². The molecule has 5 heteroatoms. The van der Waals surface area contributed by atoms with E-state index in [1.54, 1.807) is 0 Å². The van der Waals surface area contributed by atoms with E-state index in [0.717, 1.165) is 31.3 Å². The van der Waals surface area contributed by atoms with Gasteiger partial charge < -0.3 is 5.11 Å². The average Bonchev–Trinajstić information content (AvgIpc) is 2.77. The third-order valence-electron chi connectivity index (χ3n) is 12.3. The van der Waals surface area contributed by atoms with E-state index in [4.69, 9.17) is 0 Å². The van der Waals surface area contributed by atoms with Crippen molar-refractivity contribution < 1.29 is 19.5 Å². The number of nitriles is 1. The summed E-state index contributed by atoms with van der Waals surface area (Å²) in [5.74, 6) is -1.27. The van der Waals surface area contributed by atoms with E-state index >= 15 is 0 Å². The second-order valence-corrected chi connectivity index (χ2v) is 14.7. The van der Waals surface area contributed by atoms with E-state index in [1.807, 2.05) is 26.0 Å². The van der Waals surface area contributed by atoms with Crippen LogP contribution >= 0.6 is 0 Å². The zero-order valence-corrected chi connectivity index (χ0v) is 23.0. The fourth-order valence-corrected chi connectivity index (χ4v) is 10.0. The van der Waals surface area contributed by atoms with Crippen LogP contribution in [0.4, 0.5) is 0 Å². The molecule has 194 valence electrons. The number of Topliss-reactive ketones (excluding diaryl/α,β-unsaturated/α-hetero) is 1. The molecular formula is C31H41NO4. The van der Waals surface area contributed by atoms with E-state index < -0.39 is 22.2 Å². The number of aliphatic carboxylic acids is 1. The minimum Gasteiger partial charge on any atom is -0.481 e. The molecule has 0 bridgehead atoms. The molecule has 0 aromatic rings. The van der Waals surface area contributed by atoms with Crippen molar-refractivity contribution in [3.05, 3.63) is 23.3 Å². The Morgan fingerprint density at radius 1 is 1.00 bits per heavy atom. The van der Waals surface area contributed by atoms with Crippen LogP contribution in [0.2, 0.25) is 0 Å². The van der Waals surface area contributed by atoms with Crippen molar-refractivity contribution in [1.82, 2.24) is 0 Å². The summed E-state index contributed by atoms with van der Waals surface area (Å²) in [5.41, 5.74) is -1.49. The first-order valence-electron chi connectivity index (χ1n) is 13.7. The second kappa shape index (κ2) is 7.21. The van der Waals surface area contributed by atoms with Crippen LogP contribution in [0.3, 0.4) is 0 Å². The van der Waals surface area contributed by atoms with E-state index in [-0.39, 0.29) is 51.1 Å². The molecule has 3 saturated carbocycles. The van der Waals surface area contributed by atoms with Gasteiger partial charge in [0.25, 0.3) is 0 Å². The monoisotopic (exact) mass is 491 g/mol. The van der Waals surface area contributed by atoms with Gasteiger partial charge in [0.15, 0.2) is 11.6 Å². The maximum Gasteiger partial charge on any atom is 0.309 e. The second-order valence-electron chi connectivity index (χ2n) is 14.7. The van der Waals surface area contributed by atoms with E-state index in [2.05, 4.69) is 40.7 Å². The Bertz CT molecular complexity index is 1180. The number of nitrogens with zero attached hydrogens (tertiary/aromatic N) is 1. The van der Waals surface area contributed by atoms with Gasteiger partial charge in [-0.3, -0.25) is 14.4 Å². The Labute approximate surface area is 215 Å². The highest BCUT2D eigenvalue weighted by molar-refractivity contribution is 6.04. The summed E-state index contributed by atoms with van der Waals surface area (Å²) in [5, 5.41) is 20.3. The molecule has 5 rings (SSSR count). The highest BCUT2D eigenvalue weighted by Gasteiger charge is 2.70. The molecule has 5 nitrogen and oxygen atoms in total. The van der Waals surface area contributed by atoms with Crippen molar-refractivity contribution in [1.29, 1.82) is 5.26 Å². The SMILES string of the molecule is CC1(C)CC[C@]2(C(=O)O)CC[C@]3(C)[C@@H](C(=O)C=C4[C@@]5(C)C=C(C#N)C(=O)C(C)(C)[C@@H]5CC[C@]43C)C2C1. The fraction of sp³-hybridized carbons (Fsp3) is 0.742. The molecule has 3 fully saturated rings. The molecule has 0 amide bonds. The van der Waals surface area contributed by atoms with Gasteiger partial charge in [-0.25, -0.2) is 0 Å². The molecule has 0 aliphatic heterocycles. The van der Waals surface area contributed by atoms with Crippen LogP contribution < -0.4 is 0 Å². The number of hydrogen-bond acceptors (Lipinski definition) is 4. The topological polar surface area (TPSA) is 95.2 Å². The Morgan fingerprint density at radius 3 is 2.25 bits per heavy atom. The first-order valence-corrected chi connectivity index (χ1v) is 13.7. The van der Waals surface area contributed by atoms with E-state index in [9.17, 15) is 24.8 Å². The van der Waals surface area contributed by atoms with Crippen LogP contribution in [-0.4, -0.2) is 22.6 Å². The minimum atomic E-state index is -0.828. The lowest BCUT2D eigenvalue weighted by Gasteiger charge is -2.68. The molecule has 0 spiro atoms. The van der Waals surface area contributed by atoms with Crippen LogP contribution in [0.25, 0.3) is 0 Å². The molecule has 0 radical (unpaired) electrons. The van der Waals surface area contributed by atoms with Crippen LogP contribution in [0.1, 0.15) is 93.4 Å². The number of carbonyl (C=O) groups is 3. The standard InChI is InChI=1S/C31H41NO4/c1-26(2)10-12-31(25(35)36)13-11-30(7)23(19(31)16-26)20(33)14-22-28(5)15-18(17-32)24(34)27(3,4)21(28)8-9-29(22,30)6/h14-15,19,21,23H,8-13,16H2,1-7H3,(H,35,36)/t19?,21-,23+,28-,29+,30+,31-/m0/s1. The van der Waals surface area contributed by atoms with Gasteiger partial charge in [0.1, 0.15) is 6.07 Å². The Morgan fingerprint density at radius 2 is 1.64 bits per heavy atom. The normalized spacial score (nSPS) is 46.7. The number of allylic oxidation sites excluding steroid dienone is 4. The number of carboxylic acids is 1. The van der Waals surface area contributed by atoms with Gasteiger partial charge in [-0.05, 0) is 79.1 Å². The third kappa shape index (κ3) is 2.85. The molecule has 1 N–H and O–H groups in total. The highest BCUT2D eigenvalue weighted by Crippen LogP contribution is 2.74. The molecule has 0 heterocycles. The van der Waals surface area contributed by atoms with Crippen LogP contribution in [0.15, 0.2) is 23.3 Å². The first-order chi connectivity index (χ1) is 16.5. The molecule has 5 aliphatic rings. The number of fused-ring (bicyclic) bond motifs is 7. The molecule has 1 unspecified atom stereocenters. The van der Waals surface area contributed by atoms with Gasteiger partial charge in [0.2, 0.25) is 0 Å². The summed E-state index contributed by atoms with van der Waals surface area (Å²) in [7, 11) is 0. The van der Waals surface area contributed by atoms with Crippen molar-refractivity contribution in [2.45, 2.75) is 93.4 Å². The van der Waals surface area contributed by atoms with E-state index in [1.165, 1.54) is 0 Å². The lowest BCUT2D eigenvalue weighted by molar-refractivity contribution is -0.188. The van der Waals surface area contributed by atoms with E-state index in [0.29, 0.717) is 19.3 Å². The van der Waals surface area contributed by atoms with Gasteiger partial charge in [0.05, 0.1) is 11.0 Å². The summed E-state index contributed by atoms with van der Waals surface area (Å²) < 4.78 is 0. The van der Waals surface area contributed by atoms with Gasteiger partial charge in [-0.1, -0.05) is 60.1 Å². The van der Waals surface area contributed by atoms with Gasteiger partial charge in [0, 0.05) is 16.7 Å². The quantitative estimate of drug-likeness (QED) is 0.465. The number of hydrogen-bond donors (Lipinski definition) is 1. The predicted octanol–water partition coefficient (Wildman–Crippen LogP) is 6.29. The smallest absolute Gasteiger partial charge is 0.309 e. The first kappa shape index (κ1) is 25.4. The average molecular weight is 492 g/mol. The summed E-state index contributed by atoms with van der Waals surface area (Å²) in [6.07, 6.45) is 8.98. The zero-order chi connectivity index (χ0) is 26.7. The zero-order valence-electron chi connectivity index (χ0n) is 23.0. The number of carboxylic acid groups (broad SMARTS) is 1. The summed E-state index contributed by atoms with van der Waals surface area (Å²) in [4.78, 5) is 40.2. The molecule has 0 aromatic carbocycles. The van der Waals surface area contributed by atoms with Crippen LogP contribution in [0, 0.1) is 61.6 Å². The van der Waals surface area contributed by atoms with Crippen molar-refractivity contribution in [3.8, 4) is 6.07 Å². The summed E-state index contributed by atoms with van der Waals surface area (Å²) in [6.45, 7) is 15.0. The highest BCUT2D eigenvalue weighted by atomic mass is 16.4. The van der Waals surface area contributed by atoms with Gasteiger partial charge >= 0.3 is 5.97 Å². The Hall–Kier alpha value is -2.22. The molecule has 36 heavy (non-hydrogen) atoms. The maximum atomic E-state index is 14.2. The Kier molecular flexibility index (Phi) is 5.09. The van der Waals surface area contributed by atoms with Crippen LogP contribution in [0.5, 0.6) is 0 Å². The summed E-state index contributed by atoms with van der Waals surface area (Å²) in [6, 6.07) is 2.15. The van der Waals surface area contributed by atoms with Crippen LogP contribution in [-0.2, 0) is 14.4 Å². The maximum absolute atomic E-state index is 14.2. The van der Waals surface area contributed by atoms with Gasteiger partial charge in [-0.15, -0.1) is 0 Å². The fourth-order valence-electron chi connectivity index (χ4n) is 10.0. The van der Waals surface area contributed by atoms with Gasteiger partial charge in [-0.2, -0.15) is 5.26 Å². The number of rotatable bonds is 1. The lowest BCUT2D eigenvalue weighted by Crippen LogP contribution is -2.65. The molecule has 0 aromatic heterocycles. The predicted molar refractivity (Wildman–Crippen MR) is 137 cm³/mol. The third-order valence-corrected chi connectivity index (χ3v) is 12.3. The molecule has 7 atom stereocenters. The molecule has 5 aliphatic carbocycles. The number of ketones is 2. The summed E-state index contributed by atoms with van der Waals surface area (Å²) >= 11 is 0. The number of carbonyl (C=O) groups excluding carboxylic acids is 2. The van der Waals surface area contributed by atoms with Crippen molar-refractivity contribution in [2.24, 2.45) is 50.2 Å². The largest absolute Gasteiger partial charge is 0.481 e. The molecule has 0 saturated heterocycles. The van der Waals surface area contributed by atoms with Crippen molar-refractivity contribution >= 4 is 17.5 Å². The van der Waals surface area contributed by atoms with Crippen molar-refractivity contribution in [3.63, 3.8) is 0 Å². The Balaban J connectivity index is 1.71. The minimum absolute atomic E-state index is 0.00880. The lowest BCUT2D eigenvalue weighted by atomic mass is 9.34. The molecular weight excluding hydrogens is 450 g/mol.